The second kappa shape index (κ2) is 8.22. The van der Waals surface area contributed by atoms with E-state index < -0.39 is 5.92 Å². The first-order valence-electron chi connectivity index (χ1n) is 7.58. The highest BCUT2D eigenvalue weighted by Gasteiger charge is 2.21. The van der Waals surface area contributed by atoms with Crippen molar-refractivity contribution < 1.29 is 19.0 Å². The van der Waals surface area contributed by atoms with Crippen LogP contribution in [0, 0.1) is 0 Å². The van der Waals surface area contributed by atoms with E-state index in [2.05, 4.69) is 0 Å². The summed E-state index contributed by atoms with van der Waals surface area (Å²) in [5, 5.41) is 0. The van der Waals surface area contributed by atoms with Crippen LogP contribution < -0.4 is 9.47 Å². The largest absolute Gasteiger partial charge is 0.497 e. The molecular formula is C19H22O4. The van der Waals surface area contributed by atoms with Gasteiger partial charge < -0.3 is 14.2 Å². The van der Waals surface area contributed by atoms with Gasteiger partial charge in [0.2, 0.25) is 0 Å². The highest BCUT2D eigenvalue weighted by Crippen LogP contribution is 2.31. The van der Waals surface area contributed by atoms with E-state index in [1.54, 1.807) is 20.3 Å². The highest BCUT2D eigenvalue weighted by atomic mass is 16.5. The molecular weight excluding hydrogens is 292 g/mol. The molecule has 0 radical (unpaired) electrons. The Balaban J connectivity index is 1.96. The number of carbonyl (C=O) groups excluding carboxylic acids is 1. The van der Waals surface area contributed by atoms with Crippen molar-refractivity contribution in [3.05, 3.63) is 59.7 Å². The minimum atomic E-state index is -0.397. The maximum atomic E-state index is 12.2. The van der Waals surface area contributed by atoms with Crippen molar-refractivity contribution in [3.63, 3.8) is 0 Å². The average molecular weight is 314 g/mol. The van der Waals surface area contributed by atoms with Crippen LogP contribution in [0.2, 0.25) is 0 Å². The summed E-state index contributed by atoms with van der Waals surface area (Å²) in [6, 6.07) is 15.4. The number of esters is 1. The van der Waals surface area contributed by atoms with Crippen LogP contribution in [0.25, 0.3) is 0 Å². The van der Waals surface area contributed by atoms with Gasteiger partial charge in [0.05, 0.1) is 26.7 Å². The fourth-order valence-corrected chi connectivity index (χ4v) is 2.34. The summed E-state index contributed by atoms with van der Waals surface area (Å²) < 4.78 is 15.9. The van der Waals surface area contributed by atoms with Crippen LogP contribution >= 0.6 is 0 Å². The molecule has 2 aromatic carbocycles. The van der Waals surface area contributed by atoms with Crippen LogP contribution in [0.15, 0.2) is 48.5 Å². The predicted octanol–water partition coefficient (Wildman–Crippen LogP) is 3.59. The smallest absolute Gasteiger partial charge is 0.313 e. The van der Waals surface area contributed by atoms with Crippen molar-refractivity contribution in [3.8, 4) is 11.5 Å². The van der Waals surface area contributed by atoms with Gasteiger partial charge in [-0.25, -0.2) is 0 Å². The van der Waals surface area contributed by atoms with Crippen LogP contribution in [-0.2, 0) is 16.0 Å². The van der Waals surface area contributed by atoms with E-state index in [9.17, 15) is 4.79 Å². The molecule has 2 rings (SSSR count). The van der Waals surface area contributed by atoms with E-state index in [-0.39, 0.29) is 5.97 Å². The quantitative estimate of drug-likeness (QED) is 0.733. The molecule has 0 fully saturated rings. The molecule has 0 aromatic heterocycles. The van der Waals surface area contributed by atoms with Gasteiger partial charge in [-0.2, -0.15) is 0 Å². The lowest BCUT2D eigenvalue weighted by atomic mass is 10.00. The number of rotatable bonds is 7. The lowest BCUT2D eigenvalue weighted by Gasteiger charge is -2.16. The maximum Gasteiger partial charge on any atom is 0.313 e. The molecule has 0 aliphatic carbocycles. The van der Waals surface area contributed by atoms with Crippen molar-refractivity contribution in [2.75, 3.05) is 20.8 Å². The number of hydrogen-bond acceptors (Lipinski definition) is 4. The predicted molar refractivity (Wildman–Crippen MR) is 89.1 cm³/mol. The Kier molecular flexibility index (Phi) is 6.03. The van der Waals surface area contributed by atoms with Crippen molar-refractivity contribution in [1.29, 1.82) is 0 Å². The summed E-state index contributed by atoms with van der Waals surface area (Å²) in [7, 11) is 3.17. The fraction of sp³-hybridized carbons (Fsp3) is 0.316. The molecule has 4 nitrogen and oxygen atoms in total. The first kappa shape index (κ1) is 16.9. The Morgan fingerprint density at radius 1 is 1.04 bits per heavy atom. The van der Waals surface area contributed by atoms with E-state index in [4.69, 9.17) is 14.2 Å². The van der Waals surface area contributed by atoms with E-state index in [0.717, 1.165) is 11.1 Å². The zero-order valence-electron chi connectivity index (χ0n) is 13.7. The summed E-state index contributed by atoms with van der Waals surface area (Å²) in [4.78, 5) is 12.2. The van der Waals surface area contributed by atoms with Gasteiger partial charge in [-0.3, -0.25) is 4.79 Å². The van der Waals surface area contributed by atoms with Crippen molar-refractivity contribution in [1.82, 2.24) is 0 Å². The molecule has 4 heteroatoms. The number of carbonyl (C=O) groups is 1. The molecule has 0 aliphatic heterocycles. The summed E-state index contributed by atoms with van der Waals surface area (Å²) in [5.41, 5.74) is 1.94. The van der Waals surface area contributed by atoms with Crippen LogP contribution in [0.1, 0.15) is 24.0 Å². The molecule has 1 atom stereocenters. The lowest BCUT2D eigenvalue weighted by molar-refractivity contribution is -0.145. The summed E-state index contributed by atoms with van der Waals surface area (Å²) >= 11 is 0. The normalized spacial score (nSPS) is 11.6. The van der Waals surface area contributed by atoms with E-state index >= 15 is 0 Å². The molecule has 0 saturated carbocycles. The number of hydrogen-bond donors (Lipinski definition) is 0. The van der Waals surface area contributed by atoms with Crippen LogP contribution in [0.4, 0.5) is 0 Å². The fourth-order valence-electron chi connectivity index (χ4n) is 2.34. The van der Waals surface area contributed by atoms with Crippen LogP contribution in [0.3, 0.4) is 0 Å². The summed E-state index contributed by atoms with van der Waals surface area (Å²) in [6.07, 6.45) is 0.707. The minimum absolute atomic E-state index is 0.260. The van der Waals surface area contributed by atoms with Crippen molar-refractivity contribution in [2.45, 2.75) is 19.3 Å². The second-order valence-electron chi connectivity index (χ2n) is 5.23. The third kappa shape index (κ3) is 4.49. The average Bonchev–Trinajstić information content (AvgIpc) is 2.61. The number of benzene rings is 2. The van der Waals surface area contributed by atoms with Gasteiger partial charge >= 0.3 is 5.97 Å². The van der Waals surface area contributed by atoms with Crippen LogP contribution in [-0.4, -0.2) is 26.8 Å². The lowest BCUT2D eigenvalue weighted by Crippen LogP contribution is -2.15. The van der Waals surface area contributed by atoms with Crippen molar-refractivity contribution in [2.24, 2.45) is 0 Å². The Labute approximate surface area is 137 Å². The Morgan fingerprint density at radius 2 is 1.78 bits per heavy atom. The molecule has 0 aliphatic rings. The molecule has 23 heavy (non-hydrogen) atoms. The molecule has 0 saturated heterocycles. The molecule has 2 aromatic rings. The number of ether oxygens (including phenoxy) is 3. The third-order valence-electron chi connectivity index (χ3n) is 3.74. The molecule has 0 bridgehead atoms. The zero-order chi connectivity index (χ0) is 16.7. The number of methoxy groups -OCH3 is 2. The Morgan fingerprint density at radius 3 is 2.43 bits per heavy atom. The summed E-state index contributed by atoms with van der Waals surface area (Å²) in [6.45, 7) is 2.18. The monoisotopic (exact) mass is 314 g/mol. The summed E-state index contributed by atoms with van der Waals surface area (Å²) in [5.74, 6) is 0.656. The van der Waals surface area contributed by atoms with Crippen molar-refractivity contribution >= 4 is 5.97 Å². The molecule has 0 spiro atoms. The van der Waals surface area contributed by atoms with Gasteiger partial charge in [-0.05, 0) is 18.6 Å². The van der Waals surface area contributed by atoms with Gasteiger partial charge in [0.1, 0.15) is 11.5 Å². The molecule has 0 amide bonds. The van der Waals surface area contributed by atoms with Gasteiger partial charge in [0, 0.05) is 18.1 Å². The zero-order valence-corrected chi connectivity index (χ0v) is 13.7. The minimum Gasteiger partial charge on any atom is -0.497 e. The van der Waals surface area contributed by atoms with E-state index in [1.807, 2.05) is 49.4 Å². The van der Waals surface area contributed by atoms with Gasteiger partial charge in [0.25, 0.3) is 0 Å². The Bertz CT molecular complexity index is 637. The first-order chi connectivity index (χ1) is 11.2. The maximum absolute atomic E-state index is 12.2. The van der Waals surface area contributed by atoms with Gasteiger partial charge in [-0.15, -0.1) is 0 Å². The molecule has 1 unspecified atom stereocenters. The van der Waals surface area contributed by atoms with E-state index in [0.29, 0.717) is 24.5 Å². The molecule has 122 valence electrons. The topological polar surface area (TPSA) is 44.8 Å². The third-order valence-corrected chi connectivity index (χ3v) is 3.74. The Hall–Kier alpha value is -2.49. The van der Waals surface area contributed by atoms with E-state index in [1.165, 1.54) is 0 Å². The first-order valence-corrected chi connectivity index (χ1v) is 7.58. The molecule has 0 N–H and O–H groups in total. The highest BCUT2D eigenvalue weighted by molar-refractivity contribution is 5.78. The van der Waals surface area contributed by atoms with Crippen LogP contribution in [0.5, 0.6) is 11.5 Å². The standard InChI is InChI=1S/C19H22O4/c1-14(17-10-9-16(21-2)13-18(17)22-3)19(20)23-12-11-15-7-5-4-6-8-15/h4-10,13-14H,11-12H2,1-3H3. The molecule has 0 heterocycles. The van der Waals surface area contributed by atoms with Gasteiger partial charge in [0.15, 0.2) is 0 Å². The SMILES string of the molecule is COc1ccc(C(C)C(=O)OCCc2ccccc2)c(OC)c1. The second-order valence-corrected chi connectivity index (χ2v) is 5.23. The van der Waals surface area contributed by atoms with Gasteiger partial charge in [-0.1, -0.05) is 36.4 Å².